The third kappa shape index (κ3) is 2.49. The van der Waals surface area contributed by atoms with Gasteiger partial charge in [0.05, 0.1) is 6.61 Å². The molecule has 14 heavy (non-hydrogen) atoms. The average molecular weight is 228 g/mol. The molecule has 8 heteroatoms. The third-order valence-corrected chi connectivity index (χ3v) is 1.40. The zero-order valence-electron chi connectivity index (χ0n) is 6.97. The van der Waals surface area contributed by atoms with E-state index in [9.17, 15) is 30.7 Å². The Morgan fingerprint density at radius 3 is 1.43 bits per heavy atom. The van der Waals surface area contributed by atoms with E-state index in [2.05, 4.69) is 4.74 Å². The number of alkyl halides is 7. The molecular formula is C6H7F7O. The largest absolute Gasteiger partial charge is 0.433 e. The predicted molar refractivity (Wildman–Crippen MR) is 32.4 cm³/mol. The van der Waals surface area contributed by atoms with Crippen molar-refractivity contribution >= 4 is 0 Å². The monoisotopic (exact) mass is 228 g/mol. The Bertz CT molecular complexity index is 168. The Hall–Kier alpha value is -0.530. The first kappa shape index (κ1) is 13.5. The summed E-state index contributed by atoms with van der Waals surface area (Å²) in [5, 5.41) is 0. The van der Waals surface area contributed by atoms with E-state index >= 15 is 0 Å². The fourth-order valence-corrected chi connectivity index (χ4v) is 0.567. The zero-order valence-corrected chi connectivity index (χ0v) is 6.97. The summed E-state index contributed by atoms with van der Waals surface area (Å²) >= 11 is 0. The van der Waals surface area contributed by atoms with Crippen LogP contribution in [0.5, 0.6) is 0 Å². The molecule has 0 N–H and O–H groups in total. The van der Waals surface area contributed by atoms with Crippen LogP contribution in [0.15, 0.2) is 0 Å². The maximum absolute atomic E-state index is 12.6. The smallest absolute Gasteiger partial charge is 0.378 e. The lowest BCUT2D eigenvalue weighted by Gasteiger charge is -2.29. The van der Waals surface area contributed by atoms with E-state index in [-0.39, 0.29) is 0 Å². The second-order valence-corrected chi connectivity index (χ2v) is 2.43. The Balaban J connectivity index is 4.87. The number of hydrogen-bond acceptors (Lipinski definition) is 1. The molecule has 0 rings (SSSR count). The fourth-order valence-electron chi connectivity index (χ4n) is 0.567. The first-order valence-corrected chi connectivity index (χ1v) is 3.46. The summed E-state index contributed by atoms with van der Waals surface area (Å²) in [5.74, 6) is 0. The van der Waals surface area contributed by atoms with Crippen LogP contribution in [0, 0.1) is 0 Å². The van der Waals surface area contributed by atoms with Crippen LogP contribution in [-0.4, -0.2) is 31.2 Å². The summed E-state index contributed by atoms with van der Waals surface area (Å²) in [6.07, 6.45) is -12.1. The van der Waals surface area contributed by atoms with Crippen molar-refractivity contribution in [2.24, 2.45) is 0 Å². The minimum Gasteiger partial charge on any atom is -0.378 e. The fraction of sp³-hybridized carbons (Fsp3) is 1.00. The lowest BCUT2D eigenvalue weighted by atomic mass is 10.1. The van der Waals surface area contributed by atoms with E-state index in [1.165, 1.54) is 0 Å². The van der Waals surface area contributed by atoms with Gasteiger partial charge in [-0.05, 0) is 6.92 Å². The minimum atomic E-state index is -6.03. The van der Waals surface area contributed by atoms with Gasteiger partial charge in [0.1, 0.15) is 0 Å². The lowest BCUT2D eigenvalue weighted by molar-refractivity contribution is -0.351. The molecule has 0 fully saturated rings. The van der Waals surface area contributed by atoms with Gasteiger partial charge in [-0.15, -0.1) is 0 Å². The van der Waals surface area contributed by atoms with Crippen molar-refractivity contribution in [3.05, 3.63) is 0 Å². The van der Waals surface area contributed by atoms with E-state index in [1.807, 2.05) is 0 Å². The highest BCUT2D eigenvalue weighted by atomic mass is 19.4. The van der Waals surface area contributed by atoms with Crippen LogP contribution >= 0.6 is 0 Å². The van der Waals surface area contributed by atoms with Crippen molar-refractivity contribution in [3.8, 4) is 0 Å². The van der Waals surface area contributed by atoms with Crippen LogP contribution in [0.1, 0.15) is 6.92 Å². The van der Waals surface area contributed by atoms with Crippen LogP contribution < -0.4 is 0 Å². The molecule has 0 aliphatic rings. The number of hydrogen-bond donors (Lipinski definition) is 0. The zero-order chi connectivity index (χ0) is 11.6. The Labute approximate surface area is 74.8 Å². The first-order chi connectivity index (χ1) is 6.06. The van der Waals surface area contributed by atoms with Crippen LogP contribution in [0.25, 0.3) is 0 Å². The molecule has 0 aromatic rings. The molecule has 0 atom stereocenters. The topological polar surface area (TPSA) is 9.23 Å². The molecule has 0 amide bonds. The molecule has 0 aliphatic heterocycles. The molecule has 1 nitrogen and oxygen atoms in total. The average Bonchev–Trinajstić information content (AvgIpc) is 1.95. The number of halogens is 7. The van der Waals surface area contributed by atoms with Gasteiger partial charge >= 0.3 is 18.0 Å². The maximum Gasteiger partial charge on any atom is 0.433 e. The molecule has 0 bridgehead atoms. The maximum atomic E-state index is 12.6. The van der Waals surface area contributed by atoms with Gasteiger partial charge in [-0.3, -0.25) is 0 Å². The van der Waals surface area contributed by atoms with Gasteiger partial charge in [0.15, 0.2) is 0 Å². The number of rotatable bonds is 3. The summed E-state index contributed by atoms with van der Waals surface area (Å²) in [6.45, 7) is -1.35. The summed E-state index contributed by atoms with van der Waals surface area (Å²) < 4.78 is 86.9. The van der Waals surface area contributed by atoms with Gasteiger partial charge in [0.25, 0.3) is 0 Å². The van der Waals surface area contributed by atoms with Crippen molar-refractivity contribution in [3.63, 3.8) is 0 Å². The lowest BCUT2D eigenvalue weighted by Crippen LogP contribution is -2.56. The van der Waals surface area contributed by atoms with E-state index in [4.69, 9.17) is 0 Å². The molecule has 86 valence electrons. The van der Waals surface area contributed by atoms with Crippen LogP contribution in [0.3, 0.4) is 0 Å². The molecule has 0 radical (unpaired) electrons. The SMILES string of the molecule is CCOCC(F)(C(F)(F)F)C(F)(F)F. The second-order valence-electron chi connectivity index (χ2n) is 2.43. The Kier molecular flexibility index (Phi) is 3.77. The summed E-state index contributed by atoms with van der Waals surface area (Å²) in [5.41, 5.74) is -5.30. The molecule has 0 aromatic heterocycles. The number of ether oxygens (including phenoxy) is 1. The van der Waals surface area contributed by atoms with Crippen LogP contribution in [0.2, 0.25) is 0 Å². The minimum absolute atomic E-state index is 0.433. The van der Waals surface area contributed by atoms with Crippen molar-refractivity contribution < 1.29 is 35.5 Å². The van der Waals surface area contributed by atoms with Crippen molar-refractivity contribution in [2.45, 2.75) is 24.9 Å². The second kappa shape index (κ2) is 3.92. The molecule has 0 aromatic carbocycles. The van der Waals surface area contributed by atoms with Gasteiger partial charge in [-0.25, -0.2) is 4.39 Å². The Morgan fingerprint density at radius 2 is 1.21 bits per heavy atom. The van der Waals surface area contributed by atoms with Gasteiger partial charge in [0, 0.05) is 6.61 Å². The van der Waals surface area contributed by atoms with E-state index in [1.54, 1.807) is 0 Å². The van der Waals surface area contributed by atoms with Gasteiger partial charge in [-0.2, -0.15) is 26.3 Å². The van der Waals surface area contributed by atoms with Crippen LogP contribution in [0.4, 0.5) is 30.7 Å². The molecule has 0 unspecified atom stereocenters. The van der Waals surface area contributed by atoms with Gasteiger partial charge in [-0.1, -0.05) is 0 Å². The van der Waals surface area contributed by atoms with Gasteiger partial charge in [0.2, 0.25) is 0 Å². The molecule has 0 heterocycles. The normalized spacial score (nSPS) is 14.6. The molecule has 0 aliphatic carbocycles. The highest BCUT2D eigenvalue weighted by Crippen LogP contribution is 2.46. The van der Waals surface area contributed by atoms with Crippen molar-refractivity contribution in [2.75, 3.05) is 13.2 Å². The summed E-state index contributed by atoms with van der Waals surface area (Å²) in [7, 11) is 0. The van der Waals surface area contributed by atoms with Crippen LogP contribution in [-0.2, 0) is 4.74 Å². The first-order valence-electron chi connectivity index (χ1n) is 3.46. The van der Waals surface area contributed by atoms with E-state index in [0.717, 1.165) is 6.92 Å². The highest BCUT2D eigenvalue weighted by Gasteiger charge is 2.72. The van der Waals surface area contributed by atoms with E-state index in [0.29, 0.717) is 0 Å². The quantitative estimate of drug-likeness (QED) is 0.675. The highest BCUT2D eigenvalue weighted by molar-refractivity contribution is 4.94. The molecule has 0 saturated carbocycles. The van der Waals surface area contributed by atoms with Crippen molar-refractivity contribution in [1.82, 2.24) is 0 Å². The standard InChI is InChI=1S/C6H7F7O/c1-2-14-3-4(7,5(8,9)10)6(11,12)13/h2-3H2,1H3. The summed E-state index contributed by atoms with van der Waals surface area (Å²) in [6, 6.07) is 0. The van der Waals surface area contributed by atoms with Crippen molar-refractivity contribution in [1.29, 1.82) is 0 Å². The van der Waals surface area contributed by atoms with E-state index < -0.39 is 31.2 Å². The molecular weight excluding hydrogens is 221 g/mol. The molecule has 0 saturated heterocycles. The molecule has 0 spiro atoms. The summed E-state index contributed by atoms with van der Waals surface area (Å²) in [4.78, 5) is 0. The predicted octanol–water partition coefficient (Wildman–Crippen LogP) is 2.86. The van der Waals surface area contributed by atoms with Gasteiger partial charge < -0.3 is 4.74 Å². The third-order valence-electron chi connectivity index (χ3n) is 1.40. The Morgan fingerprint density at radius 1 is 0.857 bits per heavy atom.